The highest BCUT2D eigenvalue weighted by Crippen LogP contribution is 2.27. The van der Waals surface area contributed by atoms with E-state index in [1.807, 2.05) is 47.7 Å². The molecule has 2 heterocycles. The van der Waals surface area contributed by atoms with Crippen LogP contribution in [0.15, 0.2) is 11.6 Å². The van der Waals surface area contributed by atoms with E-state index >= 15 is 0 Å². The van der Waals surface area contributed by atoms with E-state index in [2.05, 4.69) is 31.0 Å². The Morgan fingerprint density at radius 2 is 1.57 bits per heavy atom. The molecule has 0 aromatic rings. The fourth-order valence-electron chi connectivity index (χ4n) is 6.63. The molecule has 0 radical (unpaired) electrons. The predicted molar refractivity (Wildman–Crippen MR) is 178 cm³/mol. The normalized spacial score (nSPS) is 21.4. The zero-order valence-electron chi connectivity index (χ0n) is 29.7. The summed E-state index contributed by atoms with van der Waals surface area (Å²) < 4.78 is 0. The lowest BCUT2D eigenvalue weighted by molar-refractivity contribution is -0.142. The monoisotopic (exact) mass is 617 g/mol. The predicted octanol–water partition coefficient (Wildman–Crippen LogP) is 4.85. The van der Waals surface area contributed by atoms with Crippen molar-refractivity contribution in [3.8, 4) is 0 Å². The number of unbranched alkanes of at least 4 members (excludes halogenated alkanes) is 2. The van der Waals surface area contributed by atoms with Crippen molar-refractivity contribution in [3.63, 3.8) is 0 Å². The molecule has 0 unspecified atom stereocenters. The van der Waals surface area contributed by atoms with E-state index in [0.717, 1.165) is 51.5 Å². The molecule has 9 heteroatoms. The van der Waals surface area contributed by atoms with Gasteiger partial charge >= 0.3 is 0 Å². The number of hydrogen-bond donors (Lipinski definition) is 1. The summed E-state index contributed by atoms with van der Waals surface area (Å²) in [5.41, 5.74) is 0.0172. The first-order chi connectivity index (χ1) is 20.5. The minimum absolute atomic E-state index is 0.00483. The Morgan fingerprint density at radius 3 is 2.14 bits per heavy atom. The zero-order valence-corrected chi connectivity index (χ0v) is 29.7. The van der Waals surface area contributed by atoms with Crippen LogP contribution in [0.2, 0.25) is 0 Å². The summed E-state index contributed by atoms with van der Waals surface area (Å²) >= 11 is 0. The quantitative estimate of drug-likeness (QED) is 0.236. The standard InChI is InChI=1S/C35H63N5O4/c1-12-13-15-20-37(10)33(43)28-19-17-22-40(28)32(42)26(6)23-29(24(2)3)38(11)34(44)30(35(7,8)9)36-31(41)27-18-14-16-21-39(27)25(4)5/h23-25,27-30H,12-22H2,1-11H3,(H,36,41)/t27-,28+,29-,30-/m1/s1. The van der Waals surface area contributed by atoms with Crippen LogP contribution in [0.1, 0.15) is 114 Å². The van der Waals surface area contributed by atoms with E-state index in [4.69, 9.17) is 0 Å². The lowest BCUT2D eigenvalue weighted by Crippen LogP contribution is -2.60. The summed E-state index contributed by atoms with van der Waals surface area (Å²) in [6.45, 7) is 20.3. The number of nitrogens with zero attached hydrogens (tertiary/aromatic N) is 4. The third kappa shape index (κ3) is 9.79. The van der Waals surface area contributed by atoms with Gasteiger partial charge in [-0.25, -0.2) is 0 Å². The molecule has 0 aliphatic carbocycles. The van der Waals surface area contributed by atoms with Gasteiger partial charge in [-0.05, 0) is 70.8 Å². The Labute approximate surface area is 268 Å². The number of amides is 4. The maximum Gasteiger partial charge on any atom is 0.249 e. The van der Waals surface area contributed by atoms with Crippen LogP contribution >= 0.6 is 0 Å². The van der Waals surface area contributed by atoms with Gasteiger partial charge in [0.15, 0.2) is 0 Å². The highest BCUT2D eigenvalue weighted by molar-refractivity contribution is 5.97. The minimum Gasteiger partial charge on any atom is -0.344 e. The van der Waals surface area contributed by atoms with Gasteiger partial charge in [-0.2, -0.15) is 0 Å². The Hall–Kier alpha value is -2.42. The molecule has 0 bridgehead atoms. The lowest BCUT2D eigenvalue weighted by Gasteiger charge is -2.41. The number of nitrogens with one attached hydrogen (secondary N) is 1. The van der Waals surface area contributed by atoms with E-state index in [0.29, 0.717) is 25.1 Å². The zero-order chi connectivity index (χ0) is 33.4. The van der Waals surface area contributed by atoms with E-state index in [1.165, 1.54) is 0 Å². The molecule has 2 rings (SSSR count). The average molecular weight is 618 g/mol. The lowest BCUT2D eigenvalue weighted by atomic mass is 9.84. The van der Waals surface area contributed by atoms with Crippen molar-refractivity contribution in [1.82, 2.24) is 24.9 Å². The molecule has 0 spiro atoms. The number of likely N-dealkylation sites (N-methyl/N-ethyl adjacent to an activating group) is 2. The van der Waals surface area contributed by atoms with Crippen molar-refractivity contribution in [2.45, 2.75) is 144 Å². The molecular weight excluding hydrogens is 554 g/mol. The van der Waals surface area contributed by atoms with Gasteiger partial charge in [0.2, 0.25) is 23.6 Å². The Bertz CT molecular complexity index is 1020. The van der Waals surface area contributed by atoms with Crippen LogP contribution in [-0.4, -0.2) is 107 Å². The molecule has 1 N–H and O–H groups in total. The van der Waals surface area contributed by atoms with Gasteiger partial charge in [0, 0.05) is 38.8 Å². The van der Waals surface area contributed by atoms with E-state index in [9.17, 15) is 19.2 Å². The number of hydrogen-bond acceptors (Lipinski definition) is 5. The number of piperidine rings is 1. The molecule has 0 aromatic heterocycles. The van der Waals surface area contributed by atoms with Gasteiger partial charge in [0.05, 0.1) is 12.1 Å². The summed E-state index contributed by atoms with van der Waals surface area (Å²) in [4.78, 5) is 62.1. The first-order valence-electron chi connectivity index (χ1n) is 17.1. The van der Waals surface area contributed by atoms with Crippen molar-refractivity contribution >= 4 is 23.6 Å². The van der Waals surface area contributed by atoms with Gasteiger partial charge in [-0.1, -0.05) is 66.9 Å². The van der Waals surface area contributed by atoms with E-state index in [-0.39, 0.29) is 47.7 Å². The van der Waals surface area contributed by atoms with Crippen LogP contribution in [0.5, 0.6) is 0 Å². The molecule has 2 aliphatic rings. The van der Waals surface area contributed by atoms with Crippen molar-refractivity contribution in [1.29, 1.82) is 0 Å². The largest absolute Gasteiger partial charge is 0.344 e. The second-order valence-corrected chi connectivity index (χ2v) is 14.8. The summed E-state index contributed by atoms with van der Waals surface area (Å²) in [6.07, 6.45) is 9.34. The first-order valence-corrected chi connectivity index (χ1v) is 17.1. The molecule has 44 heavy (non-hydrogen) atoms. The fraction of sp³-hybridized carbons (Fsp3) is 0.829. The van der Waals surface area contributed by atoms with Crippen molar-refractivity contribution in [3.05, 3.63) is 11.6 Å². The highest BCUT2D eigenvalue weighted by Gasteiger charge is 2.40. The second kappa shape index (κ2) is 16.8. The fourth-order valence-corrected chi connectivity index (χ4v) is 6.63. The molecule has 9 nitrogen and oxygen atoms in total. The van der Waals surface area contributed by atoms with Gasteiger partial charge in [0.25, 0.3) is 0 Å². The smallest absolute Gasteiger partial charge is 0.249 e. The van der Waals surface area contributed by atoms with Crippen molar-refractivity contribution in [2.75, 3.05) is 33.7 Å². The minimum atomic E-state index is -0.717. The number of likely N-dealkylation sites (tertiary alicyclic amines) is 2. The maximum absolute atomic E-state index is 14.1. The van der Waals surface area contributed by atoms with Crippen LogP contribution in [0.3, 0.4) is 0 Å². The van der Waals surface area contributed by atoms with Crippen molar-refractivity contribution < 1.29 is 19.2 Å². The molecule has 0 saturated carbocycles. The van der Waals surface area contributed by atoms with Gasteiger partial charge < -0.3 is 20.0 Å². The van der Waals surface area contributed by atoms with E-state index < -0.39 is 17.5 Å². The molecular formula is C35H63N5O4. The molecule has 2 saturated heterocycles. The van der Waals surface area contributed by atoms with Crippen LogP contribution in [0, 0.1) is 11.3 Å². The third-order valence-corrected chi connectivity index (χ3v) is 9.42. The molecule has 4 amide bonds. The Kier molecular flexibility index (Phi) is 14.4. The summed E-state index contributed by atoms with van der Waals surface area (Å²) in [7, 11) is 3.59. The molecule has 2 fully saturated rings. The van der Waals surface area contributed by atoms with Gasteiger partial charge in [-0.3, -0.25) is 24.1 Å². The van der Waals surface area contributed by atoms with Gasteiger partial charge in [0.1, 0.15) is 12.1 Å². The number of rotatable bonds is 13. The molecule has 2 aliphatic heterocycles. The summed E-state index contributed by atoms with van der Waals surface area (Å²) in [5, 5.41) is 3.14. The molecule has 252 valence electrons. The van der Waals surface area contributed by atoms with Gasteiger partial charge in [-0.15, -0.1) is 0 Å². The molecule has 0 aromatic carbocycles. The van der Waals surface area contributed by atoms with Crippen LogP contribution in [-0.2, 0) is 19.2 Å². The highest BCUT2D eigenvalue weighted by atomic mass is 16.2. The number of carbonyl (C=O) groups excluding carboxylic acids is 4. The second-order valence-electron chi connectivity index (χ2n) is 14.8. The Balaban J connectivity index is 2.24. The topological polar surface area (TPSA) is 93.3 Å². The number of carbonyl (C=O) groups is 4. The van der Waals surface area contributed by atoms with Crippen molar-refractivity contribution in [2.24, 2.45) is 11.3 Å². The maximum atomic E-state index is 14.1. The first kappa shape index (κ1) is 37.8. The third-order valence-electron chi connectivity index (χ3n) is 9.42. The SMILES string of the molecule is CCCCCN(C)C(=O)[C@@H]1CCCN1C(=O)C(C)=C[C@H](C(C)C)N(C)C(=O)[C@@H](NC(=O)[C@H]1CCCCN1C(C)C)C(C)(C)C. The average Bonchev–Trinajstić information content (AvgIpc) is 3.46. The molecule has 4 atom stereocenters. The Morgan fingerprint density at radius 1 is 0.932 bits per heavy atom. The van der Waals surface area contributed by atoms with Crippen LogP contribution < -0.4 is 5.32 Å². The summed E-state index contributed by atoms with van der Waals surface area (Å²) in [5.74, 6) is -0.381. The van der Waals surface area contributed by atoms with E-state index in [1.54, 1.807) is 28.7 Å². The van der Waals surface area contributed by atoms with Crippen LogP contribution in [0.25, 0.3) is 0 Å². The summed E-state index contributed by atoms with van der Waals surface area (Å²) in [6, 6.07) is -1.51. The van der Waals surface area contributed by atoms with Crippen LogP contribution in [0.4, 0.5) is 0 Å².